The minimum Gasteiger partial charge on any atom is -0.374 e. The molecule has 0 atom stereocenters. The first-order valence-corrected chi connectivity index (χ1v) is 8.56. The molecule has 2 aliphatic rings. The Morgan fingerprint density at radius 2 is 1.74 bits per heavy atom. The van der Waals surface area contributed by atoms with E-state index in [1.807, 2.05) is 12.3 Å². The van der Waals surface area contributed by atoms with Gasteiger partial charge in [0.15, 0.2) is 0 Å². The molecule has 4 heteroatoms. The molecule has 1 aromatic carbocycles. The van der Waals surface area contributed by atoms with Crippen molar-refractivity contribution < 1.29 is 0 Å². The number of pyridine rings is 1. The van der Waals surface area contributed by atoms with Crippen LogP contribution in [-0.4, -0.2) is 44.8 Å². The molecular weight excluding hydrogens is 284 g/mol. The molecule has 0 N–H and O–H groups in total. The van der Waals surface area contributed by atoms with E-state index in [0.29, 0.717) is 0 Å². The molecule has 120 valence electrons. The number of fused-ring (bicyclic) bond motifs is 1. The number of rotatable bonds is 2. The molecule has 0 saturated carbocycles. The fraction of sp³-hybridized carbons (Fsp3) is 0.421. The van der Waals surface area contributed by atoms with E-state index < -0.39 is 0 Å². The van der Waals surface area contributed by atoms with E-state index in [1.54, 1.807) is 0 Å². The second-order valence-electron chi connectivity index (χ2n) is 6.50. The van der Waals surface area contributed by atoms with Gasteiger partial charge in [-0.05, 0) is 48.7 Å². The lowest BCUT2D eigenvalue weighted by molar-refractivity contribution is 0.646. The first-order chi connectivity index (χ1) is 11.3. The summed E-state index contributed by atoms with van der Waals surface area (Å²) in [7, 11) is 2.20. The number of aryl methyl sites for hydroxylation is 1. The average molecular weight is 308 g/mol. The maximum atomic E-state index is 4.47. The summed E-state index contributed by atoms with van der Waals surface area (Å²) in [6, 6.07) is 13.1. The molecule has 0 unspecified atom stereocenters. The van der Waals surface area contributed by atoms with Gasteiger partial charge in [0.25, 0.3) is 0 Å². The van der Waals surface area contributed by atoms with Gasteiger partial charge in [-0.15, -0.1) is 0 Å². The summed E-state index contributed by atoms with van der Waals surface area (Å²) in [5, 5.41) is 0. The third kappa shape index (κ3) is 2.85. The normalized spacial score (nSPS) is 18.0. The van der Waals surface area contributed by atoms with Crippen molar-refractivity contribution in [1.29, 1.82) is 0 Å². The standard InChI is InChI=1S/C19H24N4/c1-21-10-4-5-16-15-17(7-8-18(16)21)22-11-13-23(14-12-22)19-6-2-3-9-20-19/h2-3,6-9,15H,4-5,10-14H2,1H3. The van der Waals surface area contributed by atoms with Crippen molar-refractivity contribution in [3.8, 4) is 0 Å². The van der Waals surface area contributed by atoms with Gasteiger partial charge in [0.2, 0.25) is 0 Å². The molecule has 1 fully saturated rings. The van der Waals surface area contributed by atoms with Crippen LogP contribution in [0.1, 0.15) is 12.0 Å². The highest BCUT2D eigenvalue weighted by molar-refractivity contribution is 5.63. The highest BCUT2D eigenvalue weighted by Crippen LogP contribution is 2.30. The summed E-state index contributed by atoms with van der Waals surface area (Å²) in [4.78, 5) is 11.7. The molecule has 0 bridgehead atoms. The van der Waals surface area contributed by atoms with Gasteiger partial charge in [-0.25, -0.2) is 4.98 Å². The lowest BCUT2D eigenvalue weighted by atomic mass is 10.0. The second kappa shape index (κ2) is 6.11. The Labute approximate surface area is 138 Å². The van der Waals surface area contributed by atoms with Crippen LogP contribution in [0.2, 0.25) is 0 Å². The molecule has 4 rings (SSSR count). The minimum atomic E-state index is 1.04. The van der Waals surface area contributed by atoms with Crippen molar-refractivity contribution in [1.82, 2.24) is 4.98 Å². The van der Waals surface area contributed by atoms with Gasteiger partial charge >= 0.3 is 0 Å². The third-order valence-corrected chi connectivity index (χ3v) is 5.03. The molecule has 2 aromatic rings. The molecular formula is C19H24N4. The SMILES string of the molecule is CN1CCCc2cc(N3CCN(c4ccccn4)CC3)ccc21. The van der Waals surface area contributed by atoms with E-state index in [4.69, 9.17) is 0 Å². The number of anilines is 3. The Morgan fingerprint density at radius 3 is 2.52 bits per heavy atom. The van der Waals surface area contributed by atoms with Crippen LogP contribution >= 0.6 is 0 Å². The van der Waals surface area contributed by atoms with Crippen LogP contribution in [0.15, 0.2) is 42.6 Å². The highest BCUT2D eigenvalue weighted by Gasteiger charge is 2.20. The van der Waals surface area contributed by atoms with E-state index in [1.165, 1.54) is 36.3 Å². The maximum absolute atomic E-state index is 4.47. The molecule has 0 spiro atoms. The fourth-order valence-corrected chi connectivity index (χ4v) is 3.70. The number of benzene rings is 1. The zero-order valence-electron chi connectivity index (χ0n) is 13.8. The van der Waals surface area contributed by atoms with E-state index in [9.17, 15) is 0 Å². The number of nitrogens with zero attached hydrogens (tertiary/aromatic N) is 4. The fourth-order valence-electron chi connectivity index (χ4n) is 3.70. The van der Waals surface area contributed by atoms with Crippen molar-refractivity contribution in [2.24, 2.45) is 0 Å². The van der Waals surface area contributed by atoms with Crippen LogP contribution in [0.25, 0.3) is 0 Å². The molecule has 1 aromatic heterocycles. The van der Waals surface area contributed by atoms with Gasteiger partial charge in [0.05, 0.1) is 0 Å². The van der Waals surface area contributed by atoms with Crippen molar-refractivity contribution in [2.75, 3.05) is 54.5 Å². The molecule has 3 heterocycles. The van der Waals surface area contributed by atoms with Crippen LogP contribution in [0, 0.1) is 0 Å². The highest BCUT2D eigenvalue weighted by atomic mass is 15.3. The van der Waals surface area contributed by atoms with Crippen LogP contribution in [-0.2, 0) is 6.42 Å². The molecule has 0 aliphatic carbocycles. The van der Waals surface area contributed by atoms with Gasteiger partial charge in [0.1, 0.15) is 5.82 Å². The topological polar surface area (TPSA) is 22.6 Å². The number of hydrogen-bond donors (Lipinski definition) is 0. The summed E-state index contributed by atoms with van der Waals surface area (Å²) in [5.74, 6) is 1.10. The van der Waals surface area contributed by atoms with Crippen molar-refractivity contribution >= 4 is 17.2 Å². The number of piperazine rings is 1. The summed E-state index contributed by atoms with van der Waals surface area (Å²) >= 11 is 0. The summed E-state index contributed by atoms with van der Waals surface area (Å²) < 4.78 is 0. The predicted molar refractivity (Wildman–Crippen MR) is 96.7 cm³/mol. The first kappa shape index (κ1) is 14.4. The quantitative estimate of drug-likeness (QED) is 0.851. The monoisotopic (exact) mass is 308 g/mol. The van der Waals surface area contributed by atoms with Crippen molar-refractivity contribution in [2.45, 2.75) is 12.8 Å². The van der Waals surface area contributed by atoms with Crippen molar-refractivity contribution in [3.63, 3.8) is 0 Å². The first-order valence-electron chi connectivity index (χ1n) is 8.56. The zero-order chi connectivity index (χ0) is 15.6. The summed E-state index contributed by atoms with van der Waals surface area (Å²) in [6.45, 7) is 5.37. The zero-order valence-corrected chi connectivity index (χ0v) is 13.8. The number of aromatic nitrogens is 1. The molecule has 0 radical (unpaired) electrons. The Hall–Kier alpha value is -2.23. The molecule has 2 aliphatic heterocycles. The summed E-state index contributed by atoms with van der Waals surface area (Å²) in [5.41, 5.74) is 4.29. The van der Waals surface area contributed by atoms with Gasteiger partial charge in [-0.2, -0.15) is 0 Å². The van der Waals surface area contributed by atoms with Gasteiger partial charge in [-0.3, -0.25) is 0 Å². The van der Waals surface area contributed by atoms with E-state index in [0.717, 1.165) is 32.0 Å². The Balaban J connectivity index is 1.46. The third-order valence-electron chi connectivity index (χ3n) is 5.03. The van der Waals surface area contributed by atoms with Crippen LogP contribution in [0.5, 0.6) is 0 Å². The maximum Gasteiger partial charge on any atom is 0.128 e. The molecule has 4 nitrogen and oxygen atoms in total. The Bertz CT molecular complexity index is 662. The lowest BCUT2D eigenvalue weighted by Crippen LogP contribution is -2.46. The van der Waals surface area contributed by atoms with E-state index >= 15 is 0 Å². The lowest BCUT2D eigenvalue weighted by Gasteiger charge is -2.37. The molecule has 23 heavy (non-hydrogen) atoms. The predicted octanol–water partition coefficient (Wildman–Crippen LogP) is 2.79. The van der Waals surface area contributed by atoms with Crippen LogP contribution < -0.4 is 14.7 Å². The number of hydrogen-bond acceptors (Lipinski definition) is 4. The van der Waals surface area contributed by atoms with E-state index in [-0.39, 0.29) is 0 Å². The summed E-state index contributed by atoms with van der Waals surface area (Å²) in [6.07, 6.45) is 4.35. The minimum absolute atomic E-state index is 1.04. The Morgan fingerprint density at radius 1 is 0.913 bits per heavy atom. The van der Waals surface area contributed by atoms with E-state index in [2.05, 4.69) is 57.1 Å². The Kier molecular flexibility index (Phi) is 3.82. The van der Waals surface area contributed by atoms with Crippen LogP contribution in [0.4, 0.5) is 17.2 Å². The largest absolute Gasteiger partial charge is 0.374 e. The van der Waals surface area contributed by atoms with Gasteiger partial charge < -0.3 is 14.7 Å². The second-order valence-corrected chi connectivity index (χ2v) is 6.50. The van der Waals surface area contributed by atoms with Gasteiger partial charge in [0, 0.05) is 57.3 Å². The molecule has 0 amide bonds. The van der Waals surface area contributed by atoms with Gasteiger partial charge in [-0.1, -0.05) is 6.07 Å². The van der Waals surface area contributed by atoms with Crippen molar-refractivity contribution in [3.05, 3.63) is 48.2 Å². The molecule has 1 saturated heterocycles. The smallest absolute Gasteiger partial charge is 0.128 e. The van der Waals surface area contributed by atoms with Crippen LogP contribution in [0.3, 0.4) is 0 Å². The average Bonchev–Trinajstić information content (AvgIpc) is 2.63.